The van der Waals surface area contributed by atoms with Gasteiger partial charge in [-0.1, -0.05) is 36.4 Å². The first-order valence-electron chi connectivity index (χ1n) is 7.91. The fourth-order valence-electron chi connectivity index (χ4n) is 1.80. The minimum atomic E-state index is 0. The van der Waals surface area contributed by atoms with Crippen LogP contribution in [0.5, 0.6) is 17.2 Å². The van der Waals surface area contributed by atoms with Gasteiger partial charge < -0.3 is 52.1 Å². The van der Waals surface area contributed by atoms with E-state index in [9.17, 15) is 0 Å². The summed E-state index contributed by atoms with van der Waals surface area (Å²) in [6, 6.07) is 22.3. The molecule has 7 heteroatoms. The summed E-state index contributed by atoms with van der Waals surface area (Å²) in [5, 5.41) is 0. The molecule has 0 spiro atoms. The van der Waals surface area contributed by atoms with E-state index >= 15 is 0 Å². The van der Waals surface area contributed by atoms with Crippen LogP contribution in [-0.4, -0.2) is 21.3 Å². The molecule has 3 nitrogen and oxygen atoms in total. The summed E-state index contributed by atoms with van der Waals surface area (Å²) in [5.41, 5.74) is 0. The summed E-state index contributed by atoms with van der Waals surface area (Å²) >= 11 is 14.7. The molecular formula is C21H21O3S3Yb. The van der Waals surface area contributed by atoms with Crippen molar-refractivity contribution in [2.24, 2.45) is 0 Å². The standard InChI is InChI=1S/3C7H8OS.Yb/c3*1-8-6-3-2-4-7(9)5-6;/h3*2-5,9H,1H3;/q;;;+3/p-3. The summed E-state index contributed by atoms with van der Waals surface area (Å²) in [6.07, 6.45) is 0. The van der Waals surface area contributed by atoms with Crippen LogP contribution in [0.4, 0.5) is 0 Å². The molecule has 155 valence electrons. The number of ether oxygens (including phenoxy) is 3. The number of rotatable bonds is 3. The molecule has 0 atom stereocenters. The quantitative estimate of drug-likeness (QED) is 0.407. The minimum Gasteiger partial charge on any atom is -0.780 e. The molecule has 0 saturated carbocycles. The summed E-state index contributed by atoms with van der Waals surface area (Å²) in [6.45, 7) is 0. The molecule has 3 rings (SSSR count). The maximum atomic E-state index is 4.93. The zero-order chi connectivity index (χ0) is 20.1. The Bertz CT molecular complexity index is 708. The molecular weight excluding hydrogens is 569 g/mol. The van der Waals surface area contributed by atoms with Crippen molar-refractivity contribution in [2.75, 3.05) is 21.3 Å². The van der Waals surface area contributed by atoms with E-state index in [0.29, 0.717) is 0 Å². The molecule has 0 saturated heterocycles. The minimum absolute atomic E-state index is 0. The predicted octanol–water partition coefficient (Wildman–Crippen LogP) is 4.80. The third kappa shape index (κ3) is 11.9. The van der Waals surface area contributed by atoms with Gasteiger partial charge in [0.15, 0.2) is 0 Å². The van der Waals surface area contributed by atoms with Crippen LogP contribution in [0.2, 0.25) is 0 Å². The number of hydrogen-bond acceptors (Lipinski definition) is 6. The van der Waals surface area contributed by atoms with Gasteiger partial charge in [0.1, 0.15) is 17.2 Å². The van der Waals surface area contributed by atoms with Crippen LogP contribution in [0.15, 0.2) is 87.5 Å². The van der Waals surface area contributed by atoms with E-state index in [4.69, 9.17) is 52.1 Å². The molecule has 0 N–H and O–H groups in total. The maximum absolute atomic E-state index is 4.93. The van der Waals surface area contributed by atoms with E-state index in [1.807, 2.05) is 72.8 Å². The van der Waals surface area contributed by atoms with Crippen molar-refractivity contribution < 1.29 is 61.1 Å². The summed E-state index contributed by atoms with van der Waals surface area (Å²) in [7, 11) is 4.89. The maximum Gasteiger partial charge on any atom is 3.00 e. The Hall–Kier alpha value is -0.761. The van der Waals surface area contributed by atoms with Crippen molar-refractivity contribution in [3.8, 4) is 17.2 Å². The van der Waals surface area contributed by atoms with E-state index in [-0.39, 0.29) is 46.9 Å². The van der Waals surface area contributed by atoms with Crippen LogP contribution in [0.3, 0.4) is 0 Å². The van der Waals surface area contributed by atoms with Gasteiger partial charge in [0.25, 0.3) is 0 Å². The second-order valence-electron chi connectivity index (χ2n) is 5.04. The van der Waals surface area contributed by atoms with Gasteiger partial charge >= 0.3 is 46.9 Å². The Balaban J connectivity index is 0.000000384. The summed E-state index contributed by atoms with van der Waals surface area (Å²) in [5.74, 6) is 2.47. The first-order chi connectivity index (χ1) is 13.0. The Morgan fingerprint density at radius 1 is 0.500 bits per heavy atom. The zero-order valence-corrected chi connectivity index (χ0v) is 19.8. The van der Waals surface area contributed by atoms with Crippen LogP contribution in [0.25, 0.3) is 0 Å². The first-order valence-corrected chi connectivity index (χ1v) is 9.14. The zero-order valence-electron chi connectivity index (χ0n) is 15.6. The van der Waals surface area contributed by atoms with E-state index in [1.165, 1.54) is 0 Å². The van der Waals surface area contributed by atoms with Crippen molar-refractivity contribution in [2.45, 2.75) is 14.7 Å². The first kappa shape index (κ1) is 27.2. The summed E-state index contributed by atoms with van der Waals surface area (Å²) < 4.78 is 14.8. The second-order valence-corrected chi connectivity index (χ2v) is 6.45. The molecule has 28 heavy (non-hydrogen) atoms. The SMILES string of the molecule is COc1cccc([S-])c1.COc1cccc([S-])c1.COc1cccc([S-])c1.[Yb+3]. The predicted molar refractivity (Wildman–Crippen MR) is 116 cm³/mol. The van der Waals surface area contributed by atoms with Gasteiger partial charge in [0.05, 0.1) is 21.3 Å². The Kier molecular flexibility index (Phi) is 15.6. The van der Waals surface area contributed by atoms with Crippen LogP contribution in [0, 0.1) is 46.9 Å². The molecule has 0 fully saturated rings. The third-order valence-electron chi connectivity index (χ3n) is 3.12. The molecule has 0 amide bonds. The average Bonchev–Trinajstić information content (AvgIpc) is 2.69. The van der Waals surface area contributed by atoms with E-state index in [0.717, 1.165) is 31.9 Å². The van der Waals surface area contributed by atoms with Crippen molar-refractivity contribution >= 4 is 37.9 Å². The molecule has 1 radical (unpaired) electrons. The van der Waals surface area contributed by atoms with Crippen molar-refractivity contribution in [3.63, 3.8) is 0 Å². The van der Waals surface area contributed by atoms with Crippen LogP contribution in [-0.2, 0) is 37.9 Å². The second kappa shape index (κ2) is 16.1. The van der Waals surface area contributed by atoms with Crippen LogP contribution >= 0.6 is 0 Å². The van der Waals surface area contributed by atoms with E-state index in [1.54, 1.807) is 21.3 Å². The summed E-state index contributed by atoms with van der Waals surface area (Å²) in [4.78, 5) is 2.44. The average molecular weight is 591 g/mol. The Morgan fingerprint density at radius 3 is 0.893 bits per heavy atom. The van der Waals surface area contributed by atoms with Gasteiger partial charge in [-0.25, -0.2) is 0 Å². The molecule has 3 aromatic carbocycles. The largest absolute Gasteiger partial charge is 3.00 e. The van der Waals surface area contributed by atoms with Crippen molar-refractivity contribution in [1.82, 2.24) is 0 Å². The number of hydrogen-bond donors (Lipinski definition) is 0. The molecule has 0 aromatic heterocycles. The van der Waals surface area contributed by atoms with Gasteiger partial charge in [-0.15, -0.1) is 0 Å². The third-order valence-corrected chi connectivity index (χ3v) is 3.89. The number of benzene rings is 3. The van der Waals surface area contributed by atoms with Gasteiger partial charge in [-0.2, -0.15) is 14.7 Å². The fourth-order valence-corrected chi connectivity index (χ4v) is 2.39. The smallest absolute Gasteiger partial charge is 0.780 e. The Labute approximate surface area is 222 Å². The molecule has 0 aliphatic heterocycles. The molecule has 3 aromatic rings. The topological polar surface area (TPSA) is 27.7 Å². The van der Waals surface area contributed by atoms with Crippen LogP contribution < -0.4 is 14.2 Å². The van der Waals surface area contributed by atoms with Gasteiger partial charge in [-0.05, 0) is 36.4 Å². The van der Waals surface area contributed by atoms with Crippen molar-refractivity contribution in [3.05, 3.63) is 72.8 Å². The monoisotopic (exact) mass is 591 g/mol. The molecule has 0 bridgehead atoms. The van der Waals surface area contributed by atoms with E-state index in [2.05, 4.69) is 0 Å². The molecule has 0 heterocycles. The Morgan fingerprint density at radius 2 is 0.750 bits per heavy atom. The van der Waals surface area contributed by atoms with Gasteiger partial charge in [0.2, 0.25) is 0 Å². The van der Waals surface area contributed by atoms with E-state index < -0.39 is 0 Å². The molecule has 0 aliphatic carbocycles. The van der Waals surface area contributed by atoms with Crippen LogP contribution in [0.1, 0.15) is 0 Å². The van der Waals surface area contributed by atoms with Gasteiger partial charge in [-0.3, -0.25) is 0 Å². The number of methoxy groups -OCH3 is 3. The fraction of sp³-hybridized carbons (Fsp3) is 0.143. The van der Waals surface area contributed by atoms with Gasteiger partial charge in [0, 0.05) is 0 Å². The normalized spacial score (nSPS) is 8.68. The van der Waals surface area contributed by atoms with Crippen molar-refractivity contribution in [1.29, 1.82) is 0 Å². The molecule has 0 unspecified atom stereocenters. The molecule has 0 aliphatic rings.